The lowest BCUT2D eigenvalue weighted by Gasteiger charge is -2.18. The molecular weight excluding hydrogens is 266 g/mol. The Morgan fingerprint density at radius 2 is 1.63 bits per heavy atom. The number of hydrogen-bond donors (Lipinski definition) is 0. The van der Waals surface area contributed by atoms with Gasteiger partial charge in [-0.2, -0.15) is 0 Å². The highest BCUT2D eigenvalue weighted by molar-refractivity contribution is 7.54. The largest absolute Gasteiger partial charge is 0.430 e. The van der Waals surface area contributed by atoms with Gasteiger partial charge in [-0.15, -0.1) is 0 Å². The molecule has 1 atom stereocenters. The van der Waals surface area contributed by atoms with E-state index in [4.69, 9.17) is 9.05 Å². The Kier molecular flexibility index (Phi) is 4.23. The van der Waals surface area contributed by atoms with Gasteiger partial charge in [0, 0.05) is 0 Å². The fourth-order valence-corrected chi connectivity index (χ4v) is 2.64. The molecule has 0 bridgehead atoms. The van der Waals surface area contributed by atoms with Gasteiger partial charge in [-0.3, -0.25) is 0 Å². The molecule has 0 heterocycles. The molecule has 3 nitrogen and oxygen atoms in total. The quantitative estimate of drug-likeness (QED) is 0.756. The van der Waals surface area contributed by atoms with Crippen molar-refractivity contribution < 1.29 is 18.0 Å². The van der Waals surface area contributed by atoms with Crippen LogP contribution in [0, 0.1) is 5.82 Å². The van der Waals surface area contributed by atoms with Crippen molar-refractivity contribution in [2.75, 3.05) is 6.16 Å². The Morgan fingerprint density at radius 3 is 2.26 bits per heavy atom. The van der Waals surface area contributed by atoms with Gasteiger partial charge in [0.1, 0.15) is 5.75 Å². The average molecular weight is 280 g/mol. The van der Waals surface area contributed by atoms with Crippen molar-refractivity contribution >= 4 is 7.60 Å². The Morgan fingerprint density at radius 1 is 1.00 bits per heavy atom. The van der Waals surface area contributed by atoms with Gasteiger partial charge in [-0.1, -0.05) is 37.3 Å². The molecule has 0 fully saturated rings. The highest BCUT2D eigenvalue weighted by Crippen LogP contribution is 2.48. The van der Waals surface area contributed by atoms with Gasteiger partial charge in [0.05, 0.1) is 6.16 Å². The normalized spacial score (nSPS) is 13.6. The van der Waals surface area contributed by atoms with Crippen LogP contribution >= 0.6 is 7.60 Å². The summed E-state index contributed by atoms with van der Waals surface area (Å²) < 4.78 is 36.6. The van der Waals surface area contributed by atoms with E-state index in [1.165, 1.54) is 18.2 Å². The zero-order valence-electron chi connectivity index (χ0n) is 10.5. The molecule has 2 rings (SSSR count). The van der Waals surface area contributed by atoms with Gasteiger partial charge in [-0.25, -0.2) is 8.96 Å². The van der Waals surface area contributed by atoms with E-state index < -0.39 is 13.4 Å². The fraction of sp³-hybridized carbons (Fsp3) is 0.143. The smallest absolute Gasteiger partial charge is 0.416 e. The van der Waals surface area contributed by atoms with Gasteiger partial charge < -0.3 is 9.05 Å². The first-order valence-corrected chi connectivity index (χ1v) is 7.63. The van der Waals surface area contributed by atoms with Crippen LogP contribution in [-0.4, -0.2) is 6.16 Å². The molecular formula is C14H14FO3P. The topological polar surface area (TPSA) is 35.5 Å². The van der Waals surface area contributed by atoms with Crippen LogP contribution in [0.25, 0.3) is 0 Å². The van der Waals surface area contributed by atoms with Gasteiger partial charge >= 0.3 is 7.60 Å². The molecule has 0 aliphatic heterocycles. The second kappa shape index (κ2) is 5.89. The van der Waals surface area contributed by atoms with Crippen molar-refractivity contribution in [3.05, 3.63) is 60.4 Å². The van der Waals surface area contributed by atoms with Crippen LogP contribution < -0.4 is 9.05 Å². The van der Waals surface area contributed by atoms with Gasteiger partial charge in [0.2, 0.25) is 0 Å². The van der Waals surface area contributed by atoms with Crippen LogP contribution in [0.3, 0.4) is 0 Å². The summed E-state index contributed by atoms with van der Waals surface area (Å²) in [6, 6.07) is 14.5. The molecule has 2 aromatic rings. The predicted molar refractivity (Wildman–Crippen MR) is 72.2 cm³/mol. The summed E-state index contributed by atoms with van der Waals surface area (Å²) in [4.78, 5) is 0. The van der Waals surface area contributed by atoms with Crippen LogP contribution in [0.1, 0.15) is 6.92 Å². The third kappa shape index (κ3) is 3.58. The Bertz CT molecular complexity index is 586. The average Bonchev–Trinajstić information content (AvgIpc) is 2.42. The molecule has 0 saturated heterocycles. The van der Waals surface area contributed by atoms with Crippen LogP contribution in [0.5, 0.6) is 11.5 Å². The van der Waals surface area contributed by atoms with E-state index in [-0.39, 0.29) is 11.9 Å². The summed E-state index contributed by atoms with van der Waals surface area (Å²) in [7, 11) is -3.41. The molecule has 0 aliphatic carbocycles. The summed E-state index contributed by atoms with van der Waals surface area (Å²) in [6.07, 6.45) is 0.149. The number of hydrogen-bond acceptors (Lipinski definition) is 3. The molecule has 0 N–H and O–H groups in total. The van der Waals surface area contributed by atoms with Crippen LogP contribution in [0.15, 0.2) is 54.6 Å². The highest BCUT2D eigenvalue weighted by Gasteiger charge is 2.26. The molecule has 19 heavy (non-hydrogen) atoms. The lowest BCUT2D eigenvalue weighted by molar-refractivity contribution is 0.377. The first-order valence-electron chi connectivity index (χ1n) is 5.91. The molecule has 1 unspecified atom stereocenters. The first kappa shape index (κ1) is 13.6. The van der Waals surface area contributed by atoms with Crippen LogP contribution in [-0.2, 0) is 4.57 Å². The molecule has 5 heteroatoms. The maximum Gasteiger partial charge on any atom is 0.430 e. The molecule has 0 spiro atoms. The Labute approximate surface area is 111 Å². The third-order valence-corrected chi connectivity index (χ3v) is 4.19. The monoisotopic (exact) mass is 280 g/mol. The Hall–Kier alpha value is -1.80. The number of halogens is 1. The van der Waals surface area contributed by atoms with Crippen molar-refractivity contribution in [2.24, 2.45) is 0 Å². The van der Waals surface area contributed by atoms with E-state index in [9.17, 15) is 8.96 Å². The van der Waals surface area contributed by atoms with E-state index in [0.29, 0.717) is 5.75 Å². The zero-order chi connectivity index (χ0) is 13.7. The SMILES string of the molecule is CCP(=O)(Oc1ccccc1)Oc1ccccc1F. The maximum atomic E-state index is 13.5. The summed E-state index contributed by atoms with van der Waals surface area (Å²) in [5, 5.41) is 0. The van der Waals surface area contributed by atoms with Gasteiger partial charge in [0.15, 0.2) is 11.6 Å². The Balaban J connectivity index is 2.19. The molecule has 0 amide bonds. The van der Waals surface area contributed by atoms with E-state index >= 15 is 0 Å². The highest BCUT2D eigenvalue weighted by atomic mass is 31.2. The minimum Gasteiger partial charge on any atom is -0.416 e. The summed E-state index contributed by atoms with van der Waals surface area (Å²) >= 11 is 0. The standard InChI is InChI=1S/C14H14FO3P/c1-2-19(16,17-12-8-4-3-5-9-12)18-14-11-7-6-10-13(14)15/h3-11H,2H2,1H3. The number of benzene rings is 2. The summed E-state index contributed by atoms with van der Waals surface area (Å²) in [5.41, 5.74) is 0. The molecule has 0 aliphatic rings. The second-order valence-corrected chi connectivity index (χ2v) is 6.07. The number of rotatable bonds is 5. The van der Waals surface area contributed by atoms with E-state index in [2.05, 4.69) is 0 Å². The van der Waals surface area contributed by atoms with E-state index in [1.807, 2.05) is 6.07 Å². The van der Waals surface area contributed by atoms with Crippen molar-refractivity contribution in [1.29, 1.82) is 0 Å². The first-order chi connectivity index (χ1) is 9.13. The lowest BCUT2D eigenvalue weighted by Crippen LogP contribution is -2.04. The van der Waals surface area contributed by atoms with Crippen molar-refractivity contribution in [3.8, 4) is 11.5 Å². The fourth-order valence-electron chi connectivity index (χ4n) is 1.46. The molecule has 2 aromatic carbocycles. The molecule has 100 valence electrons. The summed E-state index contributed by atoms with van der Waals surface area (Å²) in [5.74, 6) is -0.194. The summed E-state index contributed by atoms with van der Waals surface area (Å²) in [6.45, 7) is 1.67. The molecule has 0 saturated carbocycles. The molecule has 0 aromatic heterocycles. The van der Waals surface area contributed by atoms with Gasteiger partial charge in [0.25, 0.3) is 0 Å². The van der Waals surface area contributed by atoms with E-state index in [0.717, 1.165) is 0 Å². The molecule has 0 radical (unpaired) electrons. The lowest BCUT2D eigenvalue weighted by atomic mass is 10.3. The van der Waals surface area contributed by atoms with Crippen LogP contribution in [0.4, 0.5) is 4.39 Å². The van der Waals surface area contributed by atoms with Crippen molar-refractivity contribution in [3.63, 3.8) is 0 Å². The predicted octanol–water partition coefficient (Wildman–Crippen LogP) is 4.50. The minimum absolute atomic E-state index is 0.0661. The van der Waals surface area contributed by atoms with Gasteiger partial charge in [-0.05, 0) is 24.3 Å². The minimum atomic E-state index is -3.41. The third-order valence-electron chi connectivity index (χ3n) is 2.45. The van der Waals surface area contributed by atoms with Crippen LogP contribution in [0.2, 0.25) is 0 Å². The van der Waals surface area contributed by atoms with Crippen molar-refractivity contribution in [2.45, 2.75) is 6.92 Å². The second-order valence-electron chi connectivity index (χ2n) is 3.85. The maximum absolute atomic E-state index is 13.5. The van der Waals surface area contributed by atoms with Crippen molar-refractivity contribution in [1.82, 2.24) is 0 Å². The van der Waals surface area contributed by atoms with E-state index in [1.54, 1.807) is 37.3 Å². The number of para-hydroxylation sites is 2. The zero-order valence-corrected chi connectivity index (χ0v) is 11.3.